The van der Waals surface area contributed by atoms with Crippen LogP contribution in [0.15, 0.2) is 43.5 Å². The molecule has 2 bridgehead atoms. The number of aliphatic hydroxyl groups excluding tert-OH is 1. The SMILES string of the molecule is C=CCN(C)C(=O)[C@@H]1[C@H]2C(=O)N([C@H](C)CO)C(C(=O)N(CC=C)c3c(C)cccc3Cl)C23CC[C@@]1(C)O3. The van der Waals surface area contributed by atoms with Crippen molar-refractivity contribution in [2.75, 3.05) is 31.6 Å². The second-order valence-corrected chi connectivity index (χ2v) is 11.1. The maximum absolute atomic E-state index is 14.5. The van der Waals surface area contributed by atoms with E-state index in [1.54, 1.807) is 37.1 Å². The molecule has 8 nitrogen and oxygen atoms in total. The lowest BCUT2D eigenvalue weighted by Gasteiger charge is -2.39. The Morgan fingerprint density at radius 3 is 2.54 bits per heavy atom. The second-order valence-electron chi connectivity index (χ2n) is 10.7. The third-order valence-corrected chi connectivity index (χ3v) is 8.57. The normalized spacial score (nSPS) is 30.7. The Labute approximate surface area is 223 Å². The van der Waals surface area contributed by atoms with Gasteiger partial charge in [0.25, 0.3) is 5.91 Å². The first-order chi connectivity index (χ1) is 17.5. The average molecular weight is 530 g/mol. The Morgan fingerprint density at radius 1 is 1.27 bits per heavy atom. The minimum atomic E-state index is -1.20. The molecular weight excluding hydrogens is 494 g/mol. The Balaban J connectivity index is 1.86. The summed E-state index contributed by atoms with van der Waals surface area (Å²) in [6.45, 7) is 13.1. The molecule has 37 heavy (non-hydrogen) atoms. The highest BCUT2D eigenvalue weighted by Gasteiger charge is 2.78. The number of hydrogen-bond donors (Lipinski definition) is 1. The molecule has 0 aromatic heterocycles. The first kappa shape index (κ1) is 27.4. The van der Waals surface area contributed by atoms with Crippen molar-refractivity contribution in [1.29, 1.82) is 0 Å². The number of amides is 3. The van der Waals surface area contributed by atoms with Crippen molar-refractivity contribution < 1.29 is 24.2 Å². The number of fused-ring (bicyclic) bond motifs is 1. The van der Waals surface area contributed by atoms with Gasteiger partial charge in [0.15, 0.2) is 0 Å². The van der Waals surface area contributed by atoms with E-state index >= 15 is 0 Å². The van der Waals surface area contributed by atoms with E-state index in [-0.39, 0.29) is 30.9 Å². The molecule has 1 N–H and O–H groups in total. The Morgan fingerprint density at radius 2 is 1.95 bits per heavy atom. The summed E-state index contributed by atoms with van der Waals surface area (Å²) >= 11 is 6.57. The summed E-state index contributed by atoms with van der Waals surface area (Å²) in [6.07, 6.45) is 4.22. The molecule has 1 aromatic rings. The lowest BCUT2D eigenvalue weighted by atomic mass is 9.66. The number of likely N-dealkylation sites (tertiary alicyclic amines) is 1. The molecule has 4 rings (SSSR count). The van der Waals surface area contributed by atoms with Crippen LogP contribution in [0.5, 0.6) is 0 Å². The smallest absolute Gasteiger partial charge is 0.253 e. The summed E-state index contributed by atoms with van der Waals surface area (Å²) < 4.78 is 6.66. The van der Waals surface area contributed by atoms with E-state index in [2.05, 4.69) is 13.2 Å². The van der Waals surface area contributed by atoms with Crippen molar-refractivity contribution in [2.45, 2.75) is 56.9 Å². The van der Waals surface area contributed by atoms with Gasteiger partial charge in [0.05, 0.1) is 40.8 Å². The number of halogens is 1. The molecule has 9 heteroatoms. The quantitative estimate of drug-likeness (QED) is 0.497. The van der Waals surface area contributed by atoms with Gasteiger partial charge in [-0.15, -0.1) is 13.2 Å². The number of para-hydroxylation sites is 1. The Bertz CT molecular complexity index is 1120. The van der Waals surface area contributed by atoms with Crippen LogP contribution in [-0.4, -0.2) is 82.7 Å². The first-order valence-corrected chi connectivity index (χ1v) is 13.0. The van der Waals surface area contributed by atoms with Gasteiger partial charge in [0.2, 0.25) is 11.8 Å². The van der Waals surface area contributed by atoms with Gasteiger partial charge in [-0.3, -0.25) is 14.4 Å². The highest BCUT2D eigenvalue weighted by atomic mass is 35.5. The van der Waals surface area contributed by atoms with Crippen LogP contribution in [-0.2, 0) is 19.1 Å². The highest BCUT2D eigenvalue weighted by Crippen LogP contribution is 2.64. The fourth-order valence-electron chi connectivity index (χ4n) is 6.64. The number of carbonyl (C=O) groups is 3. The van der Waals surface area contributed by atoms with Crippen molar-refractivity contribution in [1.82, 2.24) is 9.80 Å². The molecule has 3 fully saturated rings. The standard InChI is InChI=1S/C28H36ClN3O5/c1-7-14-30(6)24(34)20-21-25(35)32(18(4)16-33)23(28(21)13-12-27(20,5)37-28)26(36)31(15-8-2)22-17(3)10-9-11-19(22)29/h7-11,18,20-21,23,33H,1-2,12-16H2,3-6H3/t18-,20+,21+,23?,27-,28?/m1/s1. The van der Waals surface area contributed by atoms with E-state index in [1.807, 2.05) is 26.0 Å². The van der Waals surface area contributed by atoms with Gasteiger partial charge in [0, 0.05) is 20.1 Å². The highest BCUT2D eigenvalue weighted by molar-refractivity contribution is 6.34. The van der Waals surface area contributed by atoms with Crippen LogP contribution in [0.2, 0.25) is 5.02 Å². The molecular formula is C28H36ClN3O5. The summed E-state index contributed by atoms with van der Waals surface area (Å²) in [6, 6.07) is 3.70. The van der Waals surface area contributed by atoms with Gasteiger partial charge >= 0.3 is 0 Å². The predicted molar refractivity (Wildman–Crippen MR) is 142 cm³/mol. The number of aryl methyl sites for hydroxylation is 1. The first-order valence-electron chi connectivity index (χ1n) is 12.7. The number of ether oxygens (including phenoxy) is 1. The van der Waals surface area contributed by atoms with Crippen molar-refractivity contribution in [3.8, 4) is 0 Å². The largest absolute Gasteiger partial charge is 0.394 e. The lowest BCUT2D eigenvalue weighted by Crippen LogP contribution is -2.58. The third-order valence-electron chi connectivity index (χ3n) is 8.27. The van der Waals surface area contributed by atoms with Crippen molar-refractivity contribution in [2.24, 2.45) is 11.8 Å². The van der Waals surface area contributed by atoms with Crippen molar-refractivity contribution in [3.05, 3.63) is 54.1 Å². The van der Waals surface area contributed by atoms with E-state index < -0.39 is 35.1 Å². The molecule has 3 aliphatic heterocycles. The van der Waals surface area contributed by atoms with Crippen LogP contribution >= 0.6 is 11.6 Å². The van der Waals surface area contributed by atoms with Gasteiger partial charge in [0.1, 0.15) is 11.6 Å². The van der Waals surface area contributed by atoms with E-state index in [4.69, 9.17) is 16.3 Å². The summed E-state index contributed by atoms with van der Waals surface area (Å²) in [4.78, 5) is 46.8. The maximum atomic E-state index is 14.5. The number of rotatable bonds is 9. The number of carbonyl (C=O) groups excluding carboxylic acids is 3. The zero-order valence-corrected chi connectivity index (χ0v) is 22.7. The number of likely N-dealkylation sites (N-methyl/N-ethyl adjacent to an activating group) is 1. The van der Waals surface area contributed by atoms with Gasteiger partial charge in [-0.2, -0.15) is 0 Å². The molecule has 3 aliphatic rings. The van der Waals surface area contributed by atoms with Gasteiger partial charge < -0.3 is 24.5 Å². The zero-order valence-electron chi connectivity index (χ0n) is 21.9. The summed E-state index contributed by atoms with van der Waals surface area (Å²) in [5.41, 5.74) is -0.750. The molecule has 3 heterocycles. The molecule has 3 amide bonds. The lowest BCUT2D eigenvalue weighted by molar-refractivity contribution is -0.151. The molecule has 200 valence electrons. The molecule has 0 radical (unpaired) electrons. The zero-order chi connectivity index (χ0) is 27.3. The van der Waals surface area contributed by atoms with Gasteiger partial charge in [-0.05, 0) is 45.2 Å². The number of hydrogen-bond acceptors (Lipinski definition) is 5. The average Bonchev–Trinajstić information content (AvgIpc) is 3.42. The Hall–Kier alpha value is -2.68. The molecule has 6 atom stereocenters. The van der Waals surface area contributed by atoms with E-state index in [9.17, 15) is 19.5 Å². The van der Waals surface area contributed by atoms with Gasteiger partial charge in [-0.25, -0.2) is 0 Å². The second kappa shape index (κ2) is 9.89. The fourth-order valence-corrected chi connectivity index (χ4v) is 6.96. The Kier molecular flexibility index (Phi) is 7.31. The van der Waals surface area contributed by atoms with Crippen molar-refractivity contribution in [3.63, 3.8) is 0 Å². The molecule has 3 saturated heterocycles. The van der Waals surface area contributed by atoms with Crippen molar-refractivity contribution >= 4 is 35.0 Å². The molecule has 1 aromatic carbocycles. The third kappa shape index (κ3) is 4.01. The fraction of sp³-hybridized carbons (Fsp3) is 0.536. The molecule has 0 saturated carbocycles. The van der Waals surface area contributed by atoms with Crippen LogP contribution in [0.4, 0.5) is 5.69 Å². The number of benzene rings is 1. The number of aliphatic hydroxyl groups is 1. The number of nitrogens with zero attached hydrogens (tertiary/aromatic N) is 3. The van der Waals surface area contributed by atoms with Crippen LogP contribution in [0.1, 0.15) is 32.3 Å². The minimum absolute atomic E-state index is 0.165. The number of anilines is 1. The predicted octanol–water partition coefficient (Wildman–Crippen LogP) is 2.96. The van der Waals surface area contributed by atoms with E-state index in [0.717, 1.165) is 5.56 Å². The van der Waals surface area contributed by atoms with Crippen LogP contribution < -0.4 is 4.90 Å². The summed E-state index contributed by atoms with van der Waals surface area (Å²) in [5, 5.41) is 10.5. The summed E-state index contributed by atoms with van der Waals surface area (Å²) in [7, 11) is 1.67. The monoisotopic (exact) mass is 529 g/mol. The van der Waals surface area contributed by atoms with E-state index in [1.165, 1.54) is 9.80 Å². The van der Waals surface area contributed by atoms with Gasteiger partial charge in [-0.1, -0.05) is 35.9 Å². The maximum Gasteiger partial charge on any atom is 0.253 e. The van der Waals surface area contributed by atoms with Crippen LogP contribution in [0, 0.1) is 18.8 Å². The molecule has 2 unspecified atom stereocenters. The van der Waals surface area contributed by atoms with Crippen LogP contribution in [0.3, 0.4) is 0 Å². The minimum Gasteiger partial charge on any atom is -0.394 e. The van der Waals surface area contributed by atoms with E-state index in [0.29, 0.717) is 30.1 Å². The van der Waals surface area contributed by atoms with Crippen LogP contribution in [0.25, 0.3) is 0 Å². The molecule has 0 aliphatic carbocycles. The topological polar surface area (TPSA) is 90.4 Å². The summed E-state index contributed by atoms with van der Waals surface area (Å²) in [5.74, 6) is -2.52. The molecule has 1 spiro atoms.